The first kappa shape index (κ1) is 22.0. The van der Waals surface area contributed by atoms with E-state index in [0.29, 0.717) is 18.8 Å². The predicted octanol–water partition coefficient (Wildman–Crippen LogP) is 3.47. The van der Waals surface area contributed by atoms with Crippen molar-refractivity contribution >= 4 is 44.8 Å². The van der Waals surface area contributed by atoms with Gasteiger partial charge in [-0.1, -0.05) is 29.3 Å². The van der Waals surface area contributed by atoms with Crippen LogP contribution in [0.25, 0.3) is 0 Å². The maximum Gasteiger partial charge on any atom is 0.243 e. The zero-order chi connectivity index (χ0) is 21.2. The molecule has 1 fully saturated rings. The highest BCUT2D eigenvalue weighted by Crippen LogP contribution is 2.27. The Bertz CT molecular complexity index is 1010. The van der Waals surface area contributed by atoms with Crippen LogP contribution in [0.1, 0.15) is 6.92 Å². The number of sulfonamides is 1. The molecular formula is C19H20Cl2FN3O3S. The Morgan fingerprint density at radius 3 is 2.38 bits per heavy atom. The molecule has 0 aromatic heterocycles. The number of nitrogens with zero attached hydrogens (tertiary/aromatic N) is 2. The van der Waals surface area contributed by atoms with Crippen LogP contribution in [-0.4, -0.2) is 55.8 Å². The summed E-state index contributed by atoms with van der Waals surface area (Å²) in [4.78, 5) is 14.4. The van der Waals surface area contributed by atoms with E-state index in [1.165, 1.54) is 40.7 Å². The van der Waals surface area contributed by atoms with Gasteiger partial charge >= 0.3 is 0 Å². The van der Waals surface area contributed by atoms with Crippen molar-refractivity contribution in [3.63, 3.8) is 0 Å². The third-order valence-corrected chi connectivity index (χ3v) is 7.46. The summed E-state index contributed by atoms with van der Waals surface area (Å²) < 4.78 is 40.3. The molecule has 0 bridgehead atoms. The van der Waals surface area contributed by atoms with Gasteiger partial charge in [-0.3, -0.25) is 9.69 Å². The zero-order valence-corrected chi connectivity index (χ0v) is 17.9. The number of hydrogen-bond acceptors (Lipinski definition) is 4. The van der Waals surface area contributed by atoms with Gasteiger partial charge in [-0.15, -0.1) is 0 Å². The second-order valence-corrected chi connectivity index (χ2v) is 9.44. The molecule has 1 aliphatic heterocycles. The van der Waals surface area contributed by atoms with E-state index in [9.17, 15) is 17.6 Å². The highest BCUT2D eigenvalue weighted by molar-refractivity contribution is 7.89. The van der Waals surface area contributed by atoms with Crippen LogP contribution in [-0.2, 0) is 14.8 Å². The predicted molar refractivity (Wildman–Crippen MR) is 111 cm³/mol. The smallest absolute Gasteiger partial charge is 0.243 e. The van der Waals surface area contributed by atoms with Crippen LogP contribution in [0.15, 0.2) is 47.4 Å². The standard InChI is InChI=1S/C19H20Cl2FN3O3S/c1-13(19(26)23-15-4-2-3-14(22)11-15)24-7-9-25(10-8-24)29(27,28)16-5-6-17(20)18(21)12-16/h2-6,11-13H,7-10H2,1H3,(H,23,26). The molecule has 0 spiro atoms. The number of anilines is 1. The van der Waals surface area contributed by atoms with Crippen molar-refractivity contribution in [1.29, 1.82) is 0 Å². The average Bonchev–Trinajstić information content (AvgIpc) is 2.69. The molecule has 2 aromatic carbocycles. The van der Waals surface area contributed by atoms with E-state index in [1.54, 1.807) is 13.0 Å². The van der Waals surface area contributed by atoms with E-state index in [2.05, 4.69) is 5.32 Å². The molecule has 1 N–H and O–H groups in total. The minimum atomic E-state index is -3.70. The fraction of sp³-hybridized carbons (Fsp3) is 0.316. The Balaban J connectivity index is 1.61. The van der Waals surface area contributed by atoms with E-state index >= 15 is 0 Å². The topological polar surface area (TPSA) is 69.7 Å². The first-order valence-electron chi connectivity index (χ1n) is 8.94. The van der Waals surface area contributed by atoms with Gasteiger partial charge in [-0.25, -0.2) is 12.8 Å². The summed E-state index contributed by atoms with van der Waals surface area (Å²) in [6, 6.07) is 9.38. The van der Waals surface area contributed by atoms with E-state index in [1.807, 2.05) is 4.90 Å². The molecule has 1 saturated heterocycles. The van der Waals surface area contributed by atoms with Gasteiger partial charge in [0.05, 0.1) is 21.0 Å². The van der Waals surface area contributed by atoms with Gasteiger partial charge in [-0.05, 0) is 43.3 Å². The molecule has 2 aromatic rings. The van der Waals surface area contributed by atoms with Crippen LogP contribution in [0.5, 0.6) is 0 Å². The number of amides is 1. The SMILES string of the molecule is CC(C(=O)Nc1cccc(F)c1)N1CCN(S(=O)(=O)c2ccc(Cl)c(Cl)c2)CC1. The third kappa shape index (κ3) is 5.07. The molecule has 1 amide bonds. The molecule has 0 radical (unpaired) electrons. The van der Waals surface area contributed by atoms with Crippen LogP contribution >= 0.6 is 23.2 Å². The minimum Gasteiger partial charge on any atom is -0.325 e. The minimum absolute atomic E-state index is 0.0808. The zero-order valence-electron chi connectivity index (χ0n) is 15.6. The Kier molecular flexibility index (Phi) is 6.80. The molecule has 0 aliphatic carbocycles. The number of halogens is 3. The molecule has 156 valence electrons. The van der Waals surface area contributed by atoms with Crippen LogP contribution in [0, 0.1) is 5.82 Å². The molecule has 3 rings (SSSR count). The molecule has 10 heteroatoms. The number of benzene rings is 2. The van der Waals surface area contributed by atoms with Crippen molar-refractivity contribution in [2.24, 2.45) is 0 Å². The van der Waals surface area contributed by atoms with E-state index < -0.39 is 21.9 Å². The lowest BCUT2D eigenvalue weighted by molar-refractivity contribution is -0.121. The summed E-state index contributed by atoms with van der Waals surface area (Å²) in [7, 11) is -3.70. The number of piperazine rings is 1. The van der Waals surface area contributed by atoms with Gasteiger partial charge in [0.25, 0.3) is 0 Å². The van der Waals surface area contributed by atoms with Crippen LogP contribution < -0.4 is 5.32 Å². The Hall–Kier alpha value is -1.71. The number of carbonyl (C=O) groups is 1. The third-order valence-electron chi connectivity index (χ3n) is 4.82. The molecule has 29 heavy (non-hydrogen) atoms. The van der Waals surface area contributed by atoms with Crippen LogP contribution in [0.4, 0.5) is 10.1 Å². The molecule has 6 nitrogen and oxygen atoms in total. The maximum absolute atomic E-state index is 13.3. The van der Waals surface area contributed by atoms with Crippen molar-refractivity contribution in [2.45, 2.75) is 17.9 Å². The van der Waals surface area contributed by atoms with Crippen molar-refractivity contribution in [2.75, 3.05) is 31.5 Å². The molecular weight excluding hydrogens is 440 g/mol. The summed E-state index contributed by atoms with van der Waals surface area (Å²) in [5.41, 5.74) is 0.377. The lowest BCUT2D eigenvalue weighted by atomic mass is 10.2. The van der Waals surface area contributed by atoms with Gasteiger partial charge in [-0.2, -0.15) is 4.31 Å². The molecule has 1 aliphatic rings. The highest BCUT2D eigenvalue weighted by Gasteiger charge is 2.32. The monoisotopic (exact) mass is 459 g/mol. The summed E-state index contributed by atoms with van der Waals surface area (Å²) in [6.07, 6.45) is 0. The fourth-order valence-corrected chi connectivity index (χ4v) is 4.91. The lowest BCUT2D eigenvalue weighted by Crippen LogP contribution is -2.53. The Morgan fingerprint density at radius 2 is 1.76 bits per heavy atom. The Morgan fingerprint density at radius 1 is 1.07 bits per heavy atom. The second-order valence-electron chi connectivity index (χ2n) is 6.69. The van der Waals surface area contributed by atoms with Crippen LogP contribution in [0.2, 0.25) is 10.0 Å². The summed E-state index contributed by atoms with van der Waals surface area (Å²) in [5, 5.41) is 3.14. The van der Waals surface area contributed by atoms with Crippen molar-refractivity contribution < 1.29 is 17.6 Å². The summed E-state index contributed by atoms with van der Waals surface area (Å²) in [6.45, 7) is 2.98. The molecule has 1 heterocycles. The summed E-state index contributed by atoms with van der Waals surface area (Å²) in [5.74, 6) is -0.715. The number of hydrogen-bond donors (Lipinski definition) is 1. The van der Waals surface area contributed by atoms with Crippen molar-refractivity contribution in [1.82, 2.24) is 9.21 Å². The number of carbonyl (C=O) groups excluding carboxylic acids is 1. The molecule has 0 saturated carbocycles. The van der Waals surface area contributed by atoms with Gasteiger partial charge < -0.3 is 5.32 Å². The first-order chi connectivity index (χ1) is 13.7. The average molecular weight is 460 g/mol. The maximum atomic E-state index is 13.3. The lowest BCUT2D eigenvalue weighted by Gasteiger charge is -2.36. The quantitative estimate of drug-likeness (QED) is 0.742. The van der Waals surface area contributed by atoms with Crippen molar-refractivity contribution in [3.05, 3.63) is 58.3 Å². The second kappa shape index (κ2) is 8.97. The molecule has 1 atom stereocenters. The number of rotatable bonds is 5. The first-order valence-corrected chi connectivity index (χ1v) is 11.1. The summed E-state index contributed by atoms with van der Waals surface area (Å²) >= 11 is 11.8. The highest BCUT2D eigenvalue weighted by atomic mass is 35.5. The number of nitrogens with one attached hydrogen (secondary N) is 1. The fourth-order valence-electron chi connectivity index (χ4n) is 3.10. The Labute approximate surface area is 179 Å². The molecule has 1 unspecified atom stereocenters. The van der Waals surface area contributed by atoms with Gasteiger partial charge in [0.1, 0.15) is 5.82 Å². The van der Waals surface area contributed by atoms with Gasteiger partial charge in [0.15, 0.2) is 0 Å². The van der Waals surface area contributed by atoms with Gasteiger partial charge in [0, 0.05) is 31.9 Å². The van der Waals surface area contributed by atoms with Crippen molar-refractivity contribution in [3.8, 4) is 0 Å². The van der Waals surface area contributed by atoms with E-state index in [-0.39, 0.29) is 33.9 Å². The normalized spacial score (nSPS) is 17.1. The van der Waals surface area contributed by atoms with E-state index in [4.69, 9.17) is 23.2 Å². The largest absolute Gasteiger partial charge is 0.325 e. The van der Waals surface area contributed by atoms with Crippen LogP contribution in [0.3, 0.4) is 0 Å². The van der Waals surface area contributed by atoms with Gasteiger partial charge in [0.2, 0.25) is 15.9 Å². The van der Waals surface area contributed by atoms with E-state index in [0.717, 1.165) is 0 Å².